The predicted octanol–water partition coefficient (Wildman–Crippen LogP) is 2.29. The molecule has 10 heavy (non-hydrogen) atoms. The Morgan fingerprint density at radius 3 is 3.10 bits per heavy atom. The Morgan fingerprint density at radius 1 is 1.70 bits per heavy atom. The second-order valence-electron chi connectivity index (χ2n) is 1.85. The maximum absolute atomic E-state index is 5.15. The molecular weight excluding hydrogens is 124 g/mol. The van der Waals surface area contributed by atoms with Gasteiger partial charge in [-0.05, 0) is 18.9 Å². The van der Waals surface area contributed by atoms with Crippen molar-refractivity contribution in [3.8, 4) is 12.3 Å². The van der Waals surface area contributed by atoms with E-state index in [1.807, 2.05) is 25.1 Å². The van der Waals surface area contributed by atoms with Crippen LogP contribution in [0.15, 0.2) is 22.8 Å². The van der Waals surface area contributed by atoms with Crippen molar-refractivity contribution in [3.05, 3.63) is 29.7 Å². The number of rotatable bonds is 1. The third kappa shape index (κ3) is 1.11. The highest BCUT2D eigenvalue weighted by Gasteiger charge is 1.96. The first-order valence-electron chi connectivity index (χ1n) is 3.05. The molecule has 0 aliphatic rings. The van der Waals surface area contributed by atoms with Crippen LogP contribution in [0.2, 0.25) is 0 Å². The molecule has 0 aromatic carbocycles. The second-order valence-corrected chi connectivity index (χ2v) is 1.85. The highest BCUT2D eigenvalue weighted by atomic mass is 16.3. The Kier molecular flexibility index (Phi) is 1.96. The van der Waals surface area contributed by atoms with Gasteiger partial charge in [-0.15, -0.1) is 6.42 Å². The van der Waals surface area contributed by atoms with Gasteiger partial charge in [0, 0.05) is 5.56 Å². The molecule has 0 aliphatic carbocycles. The molecule has 1 rings (SSSR count). The Balaban J connectivity index is 3.04. The summed E-state index contributed by atoms with van der Waals surface area (Å²) in [6.45, 7) is 1.94. The molecular formula is C9H8O. The van der Waals surface area contributed by atoms with Crippen molar-refractivity contribution in [2.75, 3.05) is 0 Å². The van der Waals surface area contributed by atoms with Crippen molar-refractivity contribution < 1.29 is 4.42 Å². The first kappa shape index (κ1) is 6.70. The van der Waals surface area contributed by atoms with E-state index in [0.29, 0.717) is 5.76 Å². The first-order chi connectivity index (χ1) is 4.88. The van der Waals surface area contributed by atoms with Gasteiger partial charge in [-0.2, -0.15) is 0 Å². The van der Waals surface area contributed by atoms with E-state index < -0.39 is 0 Å². The van der Waals surface area contributed by atoms with Crippen molar-refractivity contribution >= 4 is 6.08 Å². The van der Waals surface area contributed by atoms with Crippen LogP contribution in [0, 0.1) is 12.3 Å². The lowest BCUT2D eigenvalue weighted by Gasteiger charge is -1.83. The van der Waals surface area contributed by atoms with Gasteiger partial charge in [0.15, 0.2) is 5.76 Å². The summed E-state index contributed by atoms with van der Waals surface area (Å²) in [6.07, 6.45) is 10.6. The average Bonchev–Trinajstić information content (AvgIpc) is 2.36. The van der Waals surface area contributed by atoms with E-state index in [1.54, 1.807) is 6.26 Å². The molecule has 0 unspecified atom stereocenters. The van der Waals surface area contributed by atoms with E-state index in [2.05, 4.69) is 5.92 Å². The summed E-state index contributed by atoms with van der Waals surface area (Å²) in [7, 11) is 0. The molecule has 1 heterocycles. The molecule has 0 saturated heterocycles. The first-order valence-corrected chi connectivity index (χ1v) is 3.05. The van der Waals surface area contributed by atoms with E-state index >= 15 is 0 Å². The molecule has 1 aromatic heterocycles. The largest absolute Gasteiger partial charge is 0.455 e. The lowest BCUT2D eigenvalue weighted by Crippen LogP contribution is -1.69. The van der Waals surface area contributed by atoms with Crippen LogP contribution in [0.5, 0.6) is 0 Å². The summed E-state index contributed by atoms with van der Waals surface area (Å²) in [5.41, 5.74) is 0.963. The maximum Gasteiger partial charge on any atom is 0.183 e. The zero-order valence-corrected chi connectivity index (χ0v) is 5.79. The van der Waals surface area contributed by atoms with E-state index in [9.17, 15) is 0 Å². The van der Waals surface area contributed by atoms with Crippen LogP contribution in [-0.4, -0.2) is 0 Å². The van der Waals surface area contributed by atoms with Crippen LogP contribution in [0.25, 0.3) is 6.08 Å². The summed E-state index contributed by atoms with van der Waals surface area (Å²) >= 11 is 0. The second kappa shape index (κ2) is 2.93. The molecule has 0 saturated carbocycles. The molecule has 0 bridgehead atoms. The summed E-state index contributed by atoms with van der Waals surface area (Å²) in [6, 6.07) is 1.84. The van der Waals surface area contributed by atoms with Gasteiger partial charge >= 0.3 is 0 Å². The molecule has 0 radical (unpaired) electrons. The maximum atomic E-state index is 5.15. The third-order valence-corrected chi connectivity index (χ3v) is 1.17. The van der Waals surface area contributed by atoms with Gasteiger partial charge in [-0.3, -0.25) is 0 Å². The van der Waals surface area contributed by atoms with Crippen LogP contribution in [0.4, 0.5) is 0 Å². The van der Waals surface area contributed by atoms with Crippen LogP contribution in [0.1, 0.15) is 18.2 Å². The molecule has 0 aliphatic heterocycles. The SMILES string of the molecule is C#Cc1occc1/C=C\C. The monoisotopic (exact) mass is 132 g/mol. The van der Waals surface area contributed by atoms with Crippen LogP contribution in [0.3, 0.4) is 0 Å². The fraction of sp³-hybridized carbons (Fsp3) is 0.111. The van der Waals surface area contributed by atoms with Crippen molar-refractivity contribution in [1.82, 2.24) is 0 Å². The zero-order valence-electron chi connectivity index (χ0n) is 5.79. The molecule has 1 heteroatoms. The minimum absolute atomic E-state index is 0.595. The molecule has 0 fully saturated rings. The van der Waals surface area contributed by atoms with E-state index in [0.717, 1.165) is 5.56 Å². The van der Waals surface area contributed by atoms with Gasteiger partial charge in [0.05, 0.1) is 6.26 Å². The minimum atomic E-state index is 0.595. The zero-order chi connectivity index (χ0) is 7.40. The average molecular weight is 132 g/mol. The topological polar surface area (TPSA) is 13.1 Å². The fourth-order valence-corrected chi connectivity index (χ4v) is 0.747. The quantitative estimate of drug-likeness (QED) is 0.534. The summed E-state index contributed by atoms with van der Waals surface area (Å²) in [4.78, 5) is 0. The van der Waals surface area contributed by atoms with E-state index in [-0.39, 0.29) is 0 Å². The number of terminal acetylenes is 1. The highest BCUT2D eigenvalue weighted by Crippen LogP contribution is 2.10. The third-order valence-electron chi connectivity index (χ3n) is 1.17. The minimum Gasteiger partial charge on any atom is -0.455 e. The standard InChI is InChI=1S/C9H8O/c1-3-5-8-6-7-10-9(8)4-2/h2-3,5-7H,1H3/b5-3-. The van der Waals surface area contributed by atoms with Crippen LogP contribution >= 0.6 is 0 Å². The van der Waals surface area contributed by atoms with Crippen molar-refractivity contribution in [3.63, 3.8) is 0 Å². The van der Waals surface area contributed by atoms with E-state index in [1.165, 1.54) is 0 Å². The fourth-order valence-electron chi connectivity index (χ4n) is 0.747. The van der Waals surface area contributed by atoms with E-state index in [4.69, 9.17) is 10.8 Å². The molecule has 50 valence electrons. The van der Waals surface area contributed by atoms with Gasteiger partial charge in [-0.25, -0.2) is 0 Å². The summed E-state index contributed by atoms with van der Waals surface area (Å²) < 4.78 is 4.98. The van der Waals surface area contributed by atoms with Crippen LogP contribution < -0.4 is 0 Å². The lowest BCUT2D eigenvalue weighted by atomic mass is 10.2. The number of furan rings is 1. The Bertz CT molecular complexity index is 273. The summed E-state index contributed by atoms with van der Waals surface area (Å²) in [5, 5.41) is 0. The Morgan fingerprint density at radius 2 is 2.50 bits per heavy atom. The van der Waals surface area contributed by atoms with Gasteiger partial charge in [0.25, 0.3) is 0 Å². The summed E-state index contributed by atoms with van der Waals surface area (Å²) in [5.74, 6) is 3.04. The molecule has 0 amide bonds. The number of allylic oxidation sites excluding steroid dienone is 1. The predicted molar refractivity (Wildman–Crippen MR) is 41.4 cm³/mol. The van der Waals surface area contributed by atoms with Crippen molar-refractivity contribution in [2.24, 2.45) is 0 Å². The van der Waals surface area contributed by atoms with Crippen molar-refractivity contribution in [2.45, 2.75) is 6.92 Å². The molecule has 0 atom stereocenters. The Hall–Kier alpha value is -1.42. The van der Waals surface area contributed by atoms with Gasteiger partial charge in [0.1, 0.15) is 0 Å². The normalized spacial score (nSPS) is 10.0. The van der Waals surface area contributed by atoms with Gasteiger partial charge < -0.3 is 4.42 Å². The number of hydrogen-bond donors (Lipinski definition) is 0. The lowest BCUT2D eigenvalue weighted by molar-refractivity contribution is 0.554. The Labute approximate surface area is 60.4 Å². The smallest absolute Gasteiger partial charge is 0.183 e. The van der Waals surface area contributed by atoms with Gasteiger partial charge in [0.2, 0.25) is 0 Å². The van der Waals surface area contributed by atoms with Gasteiger partial charge in [-0.1, -0.05) is 12.2 Å². The molecule has 1 nitrogen and oxygen atoms in total. The molecule has 1 aromatic rings. The van der Waals surface area contributed by atoms with Crippen molar-refractivity contribution in [1.29, 1.82) is 0 Å². The van der Waals surface area contributed by atoms with Crippen LogP contribution in [-0.2, 0) is 0 Å². The molecule has 0 N–H and O–H groups in total. The molecule has 0 spiro atoms. The number of hydrogen-bond acceptors (Lipinski definition) is 1. The highest BCUT2D eigenvalue weighted by molar-refractivity contribution is 5.54.